The molecule has 0 aliphatic rings. The third-order valence-corrected chi connectivity index (χ3v) is 2.99. The average molecular weight is 258 g/mol. The molecule has 0 saturated heterocycles. The minimum Gasteiger partial charge on any atom is -0.467 e. The van der Waals surface area contributed by atoms with Crippen LogP contribution < -0.4 is 5.73 Å². The van der Waals surface area contributed by atoms with Gasteiger partial charge in [0.25, 0.3) is 5.91 Å². The predicted octanol–water partition coefficient (Wildman–Crippen LogP) is 2.40. The first-order valence-electron chi connectivity index (χ1n) is 6.35. The largest absolute Gasteiger partial charge is 0.467 e. The molecule has 0 unspecified atom stereocenters. The van der Waals surface area contributed by atoms with Crippen molar-refractivity contribution in [1.29, 1.82) is 0 Å². The number of nitrogens with zero attached hydrogens (tertiary/aromatic N) is 1. The summed E-state index contributed by atoms with van der Waals surface area (Å²) in [7, 11) is 0. The number of nitrogens with two attached hydrogens (primary N) is 1. The van der Waals surface area contributed by atoms with Crippen LogP contribution in [0, 0.1) is 0 Å². The number of carbonyl (C=O) groups excluding carboxylic acids is 1. The zero-order valence-corrected chi connectivity index (χ0v) is 11.0. The lowest BCUT2D eigenvalue weighted by atomic mass is 10.2. The molecule has 4 nitrogen and oxygen atoms in total. The van der Waals surface area contributed by atoms with Crippen LogP contribution in [0.2, 0.25) is 0 Å². The van der Waals surface area contributed by atoms with E-state index >= 15 is 0 Å². The van der Waals surface area contributed by atoms with E-state index in [9.17, 15) is 4.79 Å². The summed E-state index contributed by atoms with van der Waals surface area (Å²) in [4.78, 5) is 14.1. The molecule has 0 aliphatic carbocycles. The molecule has 1 aromatic carbocycles. The Morgan fingerprint density at radius 3 is 2.63 bits per heavy atom. The third-order valence-electron chi connectivity index (χ3n) is 2.99. The second kappa shape index (κ2) is 6.20. The molecule has 2 aromatic rings. The van der Waals surface area contributed by atoms with Gasteiger partial charge in [-0.3, -0.25) is 4.79 Å². The van der Waals surface area contributed by atoms with E-state index in [-0.39, 0.29) is 5.91 Å². The lowest BCUT2D eigenvalue weighted by molar-refractivity contribution is 0.0752. The number of rotatable bonds is 5. The molecule has 0 bridgehead atoms. The Labute approximate surface area is 112 Å². The van der Waals surface area contributed by atoms with Crippen LogP contribution in [0.25, 0.3) is 0 Å². The van der Waals surface area contributed by atoms with Gasteiger partial charge in [0, 0.05) is 13.1 Å². The van der Waals surface area contributed by atoms with E-state index in [1.807, 2.05) is 37.3 Å². The van der Waals surface area contributed by atoms with Gasteiger partial charge in [-0.1, -0.05) is 30.3 Å². The van der Waals surface area contributed by atoms with Crippen LogP contribution in [0.5, 0.6) is 0 Å². The van der Waals surface area contributed by atoms with Gasteiger partial charge in [-0.05, 0) is 18.6 Å². The SMILES string of the molecule is CCN(Cc1ccccc1)C(=O)c1coc(CN)c1. The highest BCUT2D eigenvalue weighted by Crippen LogP contribution is 2.13. The zero-order chi connectivity index (χ0) is 13.7. The number of furan rings is 1. The second-order valence-corrected chi connectivity index (χ2v) is 4.31. The van der Waals surface area contributed by atoms with Crippen molar-refractivity contribution in [2.75, 3.05) is 6.54 Å². The lowest BCUT2D eigenvalue weighted by Crippen LogP contribution is -2.30. The van der Waals surface area contributed by atoms with Gasteiger partial charge in [0.1, 0.15) is 12.0 Å². The monoisotopic (exact) mass is 258 g/mol. The second-order valence-electron chi connectivity index (χ2n) is 4.31. The maximum atomic E-state index is 12.3. The highest BCUT2D eigenvalue weighted by molar-refractivity contribution is 5.94. The quantitative estimate of drug-likeness (QED) is 0.895. The number of hydrogen-bond acceptors (Lipinski definition) is 3. The molecular weight excluding hydrogens is 240 g/mol. The third kappa shape index (κ3) is 3.23. The van der Waals surface area contributed by atoms with Crippen molar-refractivity contribution in [2.45, 2.75) is 20.0 Å². The van der Waals surface area contributed by atoms with Crippen LogP contribution in [-0.4, -0.2) is 17.4 Å². The fraction of sp³-hybridized carbons (Fsp3) is 0.267. The molecule has 0 fully saturated rings. The number of amides is 1. The van der Waals surface area contributed by atoms with Gasteiger partial charge in [0.05, 0.1) is 12.1 Å². The molecule has 0 aliphatic heterocycles. The van der Waals surface area contributed by atoms with Gasteiger partial charge in [-0.2, -0.15) is 0 Å². The summed E-state index contributed by atoms with van der Waals surface area (Å²) in [6.45, 7) is 3.51. The van der Waals surface area contributed by atoms with E-state index in [0.717, 1.165) is 5.56 Å². The fourth-order valence-corrected chi connectivity index (χ4v) is 1.91. The molecule has 0 atom stereocenters. The van der Waals surface area contributed by atoms with E-state index < -0.39 is 0 Å². The van der Waals surface area contributed by atoms with Crippen molar-refractivity contribution in [2.24, 2.45) is 5.73 Å². The molecule has 0 radical (unpaired) electrons. The molecule has 19 heavy (non-hydrogen) atoms. The van der Waals surface area contributed by atoms with E-state index in [1.165, 1.54) is 6.26 Å². The molecule has 0 saturated carbocycles. The van der Waals surface area contributed by atoms with Crippen LogP contribution in [0.1, 0.15) is 28.6 Å². The molecular formula is C15H18N2O2. The van der Waals surface area contributed by atoms with E-state index in [2.05, 4.69) is 0 Å². The Hall–Kier alpha value is -2.07. The lowest BCUT2D eigenvalue weighted by Gasteiger charge is -2.20. The Morgan fingerprint density at radius 2 is 2.05 bits per heavy atom. The highest BCUT2D eigenvalue weighted by Gasteiger charge is 2.16. The van der Waals surface area contributed by atoms with Crippen molar-refractivity contribution in [3.63, 3.8) is 0 Å². The van der Waals surface area contributed by atoms with Crippen LogP contribution in [-0.2, 0) is 13.1 Å². The predicted molar refractivity (Wildman–Crippen MR) is 73.5 cm³/mol. The smallest absolute Gasteiger partial charge is 0.257 e. The van der Waals surface area contributed by atoms with Gasteiger partial charge < -0.3 is 15.1 Å². The summed E-state index contributed by atoms with van der Waals surface area (Å²) in [6, 6.07) is 11.6. The molecule has 1 amide bonds. The van der Waals surface area contributed by atoms with E-state index in [1.54, 1.807) is 11.0 Å². The van der Waals surface area contributed by atoms with Gasteiger partial charge in [0.2, 0.25) is 0 Å². The Bertz CT molecular complexity index is 534. The van der Waals surface area contributed by atoms with Gasteiger partial charge in [0.15, 0.2) is 0 Å². The first-order valence-corrected chi connectivity index (χ1v) is 6.35. The van der Waals surface area contributed by atoms with Crippen molar-refractivity contribution in [1.82, 2.24) is 4.90 Å². The number of carbonyl (C=O) groups is 1. The van der Waals surface area contributed by atoms with Crippen molar-refractivity contribution >= 4 is 5.91 Å². The summed E-state index contributed by atoms with van der Waals surface area (Å²) in [5.74, 6) is 0.592. The Balaban J connectivity index is 2.11. The van der Waals surface area contributed by atoms with Crippen LogP contribution in [0.3, 0.4) is 0 Å². The molecule has 0 spiro atoms. The topological polar surface area (TPSA) is 59.5 Å². The van der Waals surface area contributed by atoms with Crippen molar-refractivity contribution < 1.29 is 9.21 Å². The highest BCUT2D eigenvalue weighted by atomic mass is 16.3. The normalized spacial score (nSPS) is 10.4. The van der Waals surface area contributed by atoms with Gasteiger partial charge >= 0.3 is 0 Å². The Kier molecular flexibility index (Phi) is 4.36. The van der Waals surface area contributed by atoms with Gasteiger partial charge in [-0.15, -0.1) is 0 Å². The van der Waals surface area contributed by atoms with Crippen molar-refractivity contribution in [3.8, 4) is 0 Å². The minimum absolute atomic E-state index is 0.0326. The summed E-state index contributed by atoms with van der Waals surface area (Å²) in [5, 5.41) is 0. The van der Waals surface area contributed by atoms with Gasteiger partial charge in [-0.25, -0.2) is 0 Å². The van der Waals surface area contributed by atoms with Crippen molar-refractivity contribution in [3.05, 3.63) is 59.5 Å². The summed E-state index contributed by atoms with van der Waals surface area (Å²) < 4.78 is 5.21. The molecule has 4 heteroatoms. The van der Waals surface area contributed by atoms with Crippen LogP contribution in [0.15, 0.2) is 47.1 Å². The molecule has 2 N–H and O–H groups in total. The number of benzene rings is 1. The molecule has 1 aromatic heterocycles. The van der Waals surface area contributed by atoms with Crippen LogP contribution in [0.4, 0.5) is 0 Å². The Morgan fingerprint density at radius 1 is 1.32 bits per heavy atom. The molecule has 1 heterocycles. The summed E-state index contributed by atoms with van der Waals surface area (Å²) >= 11 is 0. The van der Waals surface area contributed by atoms with E-state index in [0.29, 0.717) is 31.0 Å². The molecule has 100 valence electrons. The molecule has 2 rings (SSSR count). The zero-order valence-electron chi connectivity index (χ0n) is 11.0. The maximum Gasteiger partial charge on any atom is 0.257 e. The summed E-state index contributed by atoms with van der Waals surface area (Å²) in [5.41, 5.74) is 7.14. The summed E-state index contributed by atoms with van der Waals surface area (Å²) in [6.07, 6.45) is 1.47. The first kappa shape index (κ1) is 13.4. The fourth-order valence-electron chi connectivity index (χ4n) is 1.91. The minimum atomic E-state index is -0.0326. The first-order chi connectivity index (χ1) is 9.24. The average Bonchev–Trinajstić information content (AvgIpc) is 2.94. The maximum absolute atomic E-state index is 12.3. The number of hydrogen-bond donors (Lipinski definition) is 1. The standard InChI is InChI=1S/C15H18N2O2/c1-2-17(10-12-6-4-3-5-7-12)15(18)13-8-14(9-16)19-11-13/h3-8,11H,2,9-10,16H2,1H3. The van der Waals surface area contributed by atoms with Crippen LogP contribution >= 0.6 is 0 Å². The van der Waals surface area contributed by atoms with E-state index in [4.69, 9.17) is 10.2 Å².